The van der Waals surface area contributed by atoms with Crippen LogP contribution in [0, 0.1) is 0 Å². The van der Waals surface area contributed by atoms with Crippen molar-refractivity contribution < 1.29 is 0 Å². The van der Waals surface area contributed by atoms with Gasteiger partial charge in [-0.25, -0.2) is 0 Å². The Morgan fingerprint density at radius 3 is 2.69 bits per heavy atom. The monoisotopic (exact) mass is 200 g/mol. The van der Waals surface area contributed by atoms with E-state index in [4.69, 9.17) is 11.6 Å². The van der Waals surface area contributed by atoms with Gasteiger partial charge >= 0.3 is 0 Å². The van der Waals surface area contributed by atoms with Crippen LogP contribution < -0.4 is 0 Å². The normalized spacial score (nSPS) is 13.3. The molecular weight excluding hydrogens is 184 g/mol. The van der Waals surface area contributed by atoms with Crippen molar-refractivity contribution in [3.8, 4) is 0 Å². The van der Waals surface area contributed by atoms with Crippen molar-refractivity contribution in [2.75, 3.05) is 19.5 Å². The average Bonchev–Trinajstić information content (AvgIpc) is 2.17. The highest BCUT2D eigenvalue weighted by Gasteiger charge is 1.88. The van der Waals surface area contributed by atoms with Gasteiger partial charge in [0.15, 0.2) is 0 Å². The Bertz CT molecular complexity index is 195. The smallest absolute Gasteiger partial charge is 0.0485 e. The number of aliphatic imine (C=N–C) groups is 2. The molecule has 13 heavy (non-hydrogen) atoms. The summed E-state index contributed by atoms with van der Waals surface area (Å²) in [6, 6.07) is 0. The Labute approximate surface area is 85.4 Å². The van der Waals surface area contributed by atoms with Crippen LogP contribution in [0.5, 0.6) is 0 Å². The Morgan fingerprint density at radius 1 is 1.38 bits per heavy atom. The number of unbranched alkanes of at least 4 members (excludes halogenated alkanes) is 1. The van der Waals surface area contributed by atoms with Crippen LogP contribution in [-0.2, 0) is 0 Å². The maximum atomic E-state index is 5.72. The molecule has 0 aromatic rings. The zero-order chi connectivity index (χ0) is 9.94. The van der Waals surface area contributed by atoms with Gasteiger partial charge in [-0.2, -0.15) is 0 Å². The number of nitrogens with zero attached hydrogens (tertiary/aromatic N) is 2. The van der Waals surface area contributed by atoms with Crippen LogP contribution in [0.1, 0.15) is 19.8 Å². The third-order valence-corrected chi connectivity index (χ3v) is 1.79. The highest BCUT2D eigenvalue weighted by Crippen LogP contribution is 1.98. The highest BCUT2D eigenvalue weighted by molar-refractivity contribution is 6.21. The fraction of sp³-hybridized carbons (Fsp3) is 0.600. The van der Waals surface area contributed by atoms with E-state index in [-0.39, 0.29) is 0 Å². The summed E-state index contributed by atoms with van der Waals surface area (Å²) in [6.45, 7) is 2.82. The van der Waals surface area contributed by atoms with Crippen LogP contribution in [0.3, 0.4) is 0 Å². The molecule has 0 N–H and O–H groups in total. The van der Waals surface area contributed by atoms with Gasteiger partial charge in [-0.05, 0) is 31.6 Å². The van der Waals surface area contributed by atoms with Crippen LogP contribution in [0.15, 0.2) is 21.6 Å². The number of allylic oxidation sites excluding steroid dienone is 2. The number of hydrogen-bond acceptors (Lipinski definition) is 2. The van der Waals surface area contributed by atoms with Gasteiger partial charge in [0.25, 0.3) is 0 Å². The van der Waals surface area contributed by atoms with Gasteiger partial charge in [0.05, 0.1) is 0 Å². The lowest BCUT2D eigenvalue weighted by Gasteiger charge is -1.94. The predicted octanol–water partition coefficient (Wildman–Crippen LogP) is 2.72. The summed E-state index contributed by atoms with van der Waals surface area (Å²) in [5.74, 6) is 0.534. The van der Waals surface area contributed by atoms with E-state index in [9.17, 15) is 0 Å². The first kappa shape index (κ1) is 12.4. The van der Waals surface area contributed by atoms with Crippen molar-refractivity contribution >= 4 is 24.0 Å². The molecule has 0 rings (SSSR count). The van der Waals surface area contributed by atoms with E-state index in [2.05, 4.69) is 16.1 Å². The summed E-state index contributed by atoms with van der Waals surface area (Å²) in [6.07, 6.45) is 7.80. The SMILES string of the molecule is CCN=C/C(=C/CCC=NC)CCl. The van der Waals surface area contributed by atoms with Gasteiger partial charge < -0.3 is 4.99 Å². The largest absolute Gasteiger partial charge is 0.301 e. The van der Waals surface area contributed by atoms with Crippen molar-refractivity contribution in [3.05, 3.63) is 11.6 Å². The van der Waals surface area contributed by atoms with Gasteiger partial charge in [-0.1, -0.05) is 6.08 Å². The molecule has 0 aromatic carbocycles. The zero-order valence-corrected chi connectivity index (χ0v) is 9.09. The fourth-order valence-corrected chi connectivity index (χ4v) is 1.00. The molecule has 2 nitrogen and oxygen atoms in total. The van der Waals surface area contributed by atoms with E-state index in [0.717, 1.165) is 25.0 Å². The van der Waals surface area contributed by atoms with Crippen molar-refractivity contribution in [1.82, 2.24) is 0 Å². The molecule has 74 valence electrons. The van der Waals surface area contributed by atoms with E-state index in [0.29, 0.717) is 5.88 Å². The van der Waals surface area contributed by atoms with Crippen LogP contribution in [0.4, 0.5) is 0 Å². The van der Waals surface area contributed by atoms with Crippen LogP contribution in [0.2, 0.25) is 0 Å². The number of alkyl halides is 1. The first-order valence-corrected chi connectivity index (χ1v) is 5.04. The minimum Gasteiger partial charge on any atom is -0.301 e. The number of rotatable bonds is 6. The third kappa shape index (κ3) is 7.72. The van der Waals surface area contributed by atoms with E-state index >= 15 is 0 Å². The van der Waals surface area contributed by atoms with Crippen molar-refractivity contribution in [2.24, 2.45) is 9.98 Å². The molecule has 0 aliphatic heterocycles. The quantitative estimate of drug-likeness (QED) is 0.358. The summed E-state index contributed by atoms with van der Waals surface area (Å²) in [7, 11) is 1.78. The Morgan fingerprint density at radius 2 is 2.15 bits per heavy atom. The lowest BCUT2D eigenvalue weighted by atomic mass is 10.2. The molecule has 0 spiro atoms. The fourth-order valence-electron chi connectivity index (χ4n) is 0.823. The van der Waals surface area contributed by atoms with Gasteiger partial charge in [0.1, 0.15) is 0 Å². The molecule has 0 saturated carbocycles. The van der Waals surface area contributed by atoms with Crippen molar-refractivity contribution in [1.29, 1.82) is 0 Å². The molecule has 0 bridgehead atoms. The topological polar surface area (TPSA) is 24.7 Å². The summed E-state index contributed by atoms with van der Waals surface area (Å²) in [5.41, 5.74) is 1.09. The van der Waals surface area contributed by atoms with Gasteiger partial charge in [-0.3, -0.25) is 4.99 Å². The van der Waals surface area contributed by atoms with Crippen LogP contribution in [0.25, 0.3) is 0 Å². The molecule has 0 amide bonds. The predicted molar refractivity (Wildman–Crippen MR) is 61.5 cm³/mol. The first-order chi connectivity index (χ1) is 6.35. The molecule has 0 fully saturated rings. The van der Waals surface area contributed by atoms with Crippen LogP contribution >= 0.6 is 11.6 Å². The molecule has 3 heteroatoms. The molecule has 0 unspecified atom stereocenters. The minimum absolute atomic E-state index is 0.534. The van der Waals surface area contributed by atoms with E-state index < -0.39 is 0 Å². The van der Waals surface area contributed by atoms with Crippen LogP contribution in [-0.4, -0.2) is 31.9 Å². The second kappa shape index (κ2) is 9.46. The lowest BCUT2D eigenvalue weighted by Crippen LogP contribution is -1.88. The molecule has 0 aliphatic carbocycles. The summed E-state index contributed by atoms with van der Waals surface area (Å²) in [4.78, 5) is 8.03. The summed E-state index contributed by atoms with van der Waals surface area (Å²) in [5, 5.41) is 0. The Balaban J connectivity index is 3.84. The second-order valence-corrected chi connectivity index (χ2v) is 2.83. The van der Waals surface area contributed by atoms with Crippen molar-refractivity contribution in [3.63, 3.8) is 0 Å². The number of halogens is 1. The third-order valence-electron chi connectivity index (χ3n) is 1.48. The Kier molecular flexibility index (Phi) is 9.00. The van der Waals surface area contributed by atoms with Gasteiger partial charge in [0.2, 0.25) is 0 Å². The lowest BCUT2D eigenvalue weighted by molar-refractivity contribution is 1.10. The summed E-state index contributed by atoms with van der Waals surface area (Å²) >= 11 is 5.72. The van der Waals surface area contributed by atoms with Crippen molar-refractivity contribution in [2.45, 2.75) is 19.8 Å². The zero-order valence-electron chi connectivity index (χ0n) is 8.33. The molecule has 0 aromatic heterocycles. The maximum Gasteiger partial charge on any atom is 0.0485 e. The minimum atomic E-state index is 0.534. The standard InChI is InChI=1S/C10H17ClN2/c1-3-13-9-10(8-11)6-4-5-7-12-2/h6-7,9H,3-5,8H2,1-2H3/b10-6+,12-7?,13-9?. The molecule has 0 saturated heterocycles. The molecular formula is C10H17ClN2. The maximum absolute atomic E-state index is 5.72. The second-order valence-electron chi connectivity index (χ2n) is 2.56. The Hall–Kier alpha value is -0.630. The summed E-state index contributed by atoms with van der Waals surface area (Å²) < 4.78 is 0. The molecule has 0 atom stereocenters. The molecule has 0 heterocycles. The van der Waals surface area contributed by atoms with E-state index in [1.54, 1.807) is 7.05 Å². The average molecular weight is 201 g/mol. The molecule has 0 aliphatic rings. The first-order valence-electron chi connectivity index (χ1n) is 4.50. The number of hydrogen-bond donors (Lipinski definition) is 0. The highest BCUT2D eigenvalue weighted by atomic mass is 35.5. The molecule has 0 radical (unpaired) electrons. The van der Waals surface area contributed by atoms with Gasteiger partial charge in [0, 0.05) is 25.7 Å². The van der Waals surface area contributed by atoms with E-state index in [1.165, 1.54) is 0 Å². The van der Waals surface area contributed by atoms with E-state index in [1.807, 2.05) is 19.4 Å². The van der Waals surface area contributed by atoms with Gasteiger partial charge in [-0.15, -0.1) is 11.6 Å².